The van der Waals surface area contributed by atoms with Gasteiger partial charge in [0.25, 0.3) is 0 Å². The summed E-state index contributed by atoms with van der Waals surface area (Å²) in [7, 11) is 0. The van der Waals surface area contributed by atoms with E-state index in [1.807, 2.05) is 6.08 Å². The number of carbonyl (C=O) groups excluding carboxylic acids is 2. The molecule has 0 spiro atoms. The van der Waals surface area contributed by atoms with E-state index in [0.717, 1.165) is 0 Å². The molecule has 1 fully saturated rings. The number of allylic oxidation sites excluding steroid dienone is 2. The molecule has 1 saturated heterocycles. The third kappa shape index (κ3) is 2.82. The molecular formula is C13H18N2O5. The van der Waals surface area contributed by atoms with E-state index in [1.54, 1.807) is 6.08 Å². The highest BCUT2D eigenvalue weighted by Gasteiger charge is 2.40. The number of carboxylic acids is 1. The van der Waals surface area contributed by atoms with Crippen LogP contribution < -0.4 is 5.73 Å². The van der Waals surface area contributed by atoms with E-state index in [4.69, 9.17) is 10.5 Å². The van der Waals surface area contributed by atoms with Crippen molar-refractivity contribution in [1.82, 2.24) is 4.90 Å². The lowest BCUT2D eigenvalue weighted by molar-refractivity contribution is -0.157. The molecule has 1 unspecified atom stereocenters. The Morgan fingerprint density at radius 3 is 2.45 bits per heavy atom. The van der Waals surface area contributed by atoms with Crippen LogP contribution in [-0.2, 0) is 19.1 Å². The molecule has 0 bridgehead atoms. The zero-order valence-corrected chi connectivity index (χ0v) is 11.0. The average Bonchev–Trinajstić information content (AvgIpc) is 2.46. The summed E-state index contributed by atoms with van der Waals surface area (Å²) in [6.07, 6.45) is 4.28. The molecule has 7 nitrogen and oxygen atoms in total. The second kappa shape index (κ2) is 6.04. The summed E-state index contributed by atoms with van der Waals surface area (Å²) in [6, 6.07) is -0.809. The van der Waals surface area contributed by atoms with Crippen LogP contribution in [0.1, 0.15) is 12.8 Å². The predicted octanol–water partition coefficient (Wildman–Crippen LogP) is -0.634. The van der Waals surface area contributed by atoms with Crippen LogP contribution in [0.25, 0.3) is 0 Å². The minimum absolute atomic E-state index is 0.0708. The number of ether oxygens (including phenoxy) is 1. The number of nitrogens with two attached hydrogens (primary N) is 1. The first-order valence-corrected chi connectivity index (χ1v) is 6.57. The van der Waals surface area contributed by atoms with Crippen molar-refractivity contribution < 1.29 is 24.2 Å². The molecule has 20 heavy (non-hydrogen) atoms. The fourth-order valence-corrected chi connectivity index (χ4v) is 2.68. The molecular weight excluding hydrogens is 264 g/mol. The number of primary amides is 1. The summed E-state index contributed by atoms with van der Waals surface area (Å²) in [6.45, 7) is 0.663. The van der Waals surface area contributed by atoms with Gasteiger partial charge in [-0.3, -0.25) is 14.4 Å². The maximum absolute atomic E-state index is 12.5. The molecule has 1 aliphatic heterocycles. The minimum atomic E-state index is -0.989. The van der Waals surface area contributed by atoms with Crippen molar-refractivity contribution >= 4 is 17.8 Å². The van der Waals surface area contributed by atoms with E-state index in [9.17, 15) is 19.5 Å². The van der Waals surface area contributed by atoms with Gasteiger partial charge in [0.15, 0.2) is 0 Å². The molecule has 2 aliphatic rings. The van der Waals surface area contributed by atoms with E-state index in [-0.39, 0.29) is 19.1 Å². The number of carbonyl (C=O) groups is 3. The van der Waals surface area contributed by atoms with Crippen molar-refractivity contribution in [1.29, 1.82) is 0 Å². The van der Waals surface area contributed by atoms with E-state index in [0.29, 0.717) is 19.4 Å². The van der Waals surface area contributed by atoms with E-state index in [2.05, 4.69) is 0 Å². The summed E-state index contributed by atoms with van der Waals surface area (Å²) < 4.78 is 5.16. The number of hydrogen-bond donors (Lipinski definition) is 2. The van der Waals surface area contributed by atoms with E-state index < -0.39 is 29.8 Å². The molecule has 110 valence electrons. The summed E-state index contributed by atoms with van der Waals surface area (Å²) in [4.78, 5) is 36.5. The highest BCUT2D eigenvalue weighted by atomic mass is 16.5. The maximum atomic E-state index is 12.5. The van der Waals surface area contributed by atoms with Crippen molar-refractivity contribution in [3.8, 4) is 0 Å². The lowest BCUT2D eigenvalue weighted by Crippen LogP contribution is -2.57. The molecule has 0 radical (unpaired) electrons. The Hall–Kier alpha value is -1.89. The third-order valence-corrected chi connectivity index (χ3v) is 3.81. The topological polar surface area (TPSA) is 110 Å². The second-order valence-corrected chi connectivity index (χ2v) is 5.02. The first-order chi connectivity index (χ1) is 9.52. The van der Waals surface area contributed by atoms with Gasteiger partial charge in [-0.25, -0.2) is 0 Å². The fraction of sp³-hybridized carbons (Fsp3) is 0.615. The third-order valence-electron chi connectivity index (χ3n) is 3.81. The van der Waals surface area contributed by atoms with Gasteiger partial charge in [0.1, 0.15) is 6.04 Å². The monoisotopic (exact) mass is 282 g/mol. The number of carboxylic acid groups (broad SMARTS) is 1. The molecule has 3 N–H and O–H groups in total. The molecule has 3 atom stereocenters. The van der Waals surface area contributed by atoms with Crippen LogP contribution >= 0.6 is 0 Å². The number of hydrogen-bond acceptors (Lipinski definition) is 4. The fourth-order valence-electron chi connectivity index (χ4n) is 2.68. The van der Waals surface area contributed by atoms with Crippen LogP contribution in [0.15, 0.2) is 12.2 Å². The van der Waals surface area contributed by atoms with Crippen LogP contribution in [0.4, 0.5) is 0 Å². The Morgan fingerprint density at radius 2 is 1.85 bits per heavy atom. The largest absolute Gasteiger partial charge is 0.481 e. The molecule has 0 aromatic heterocycles. The Morgan fingerprint density at radius 1 is 1.20 bits per heavy atom. The lowest BCUT2D eigenvalue weighted by Gasteiger charge is -2.37. The summed E-state index contributed by atoms with van der Waals surface area (Å²) in [5.41, 5.74) is 5.28. The molecule has 0 aromatic carbocycles. The second-order valence-electron chi connectivity index (χ2n) is 5.02. The molecule has 0 saturated carbocycles. The highest BCUT2D eigenvalue weighted by molar-refractivity contribution is 5.90. The Labute approximate surface area is 116 Å². The van der Waals surface area contributed by atoms with Crippen molar-refractivity contribution in [2.45, 2.75) is 18.9 Å². The number of aliphatic carboxylic acids is 1. The van der Waals surface area contributed by atoms with Gasteiger partial charge in [0.2, 0.25) is 11.8 Å². The van der Waals surface area contributed by atoms with Gasteiger partial charge in [0, 0.05) is 6.54 Å². The smallest absolute Gasteiger partial charge is 0.307 e. The van der Waals surface area contributed by atoms with E-state index in [1.165, 1.54) is 4.90 Å². The van der Waals surface area contributed by atoms with Crippen LogP contribution in [-0.4, -0.2) is 53.6 Å². The molecule has 7 heteroatoms. The average molecular weight is 282 g/mol. The van der Waals surface area contributed by atoms with Gasteiger partial charge in [-0.2, -0.15) is 0 Å². The van der Waals surface area contributed by atoms with Crippen molar-refractivity contribution in [2.24, 2.45) is 17.6 Å². The van der Waals surface area contributed by atoms with Crippen LogP contribution in [0.5, 0.6) is 0 Å². The highest BCUT2D eigenvalue weighted by Crippen LogP contribution is 2.28. The van der Waals surface area contributed by atoms with Crippen LogP contribution in [0, 0.1) is 11.8 Å². The van der Waals surface area contributed by atoms with Crippen molar-refractivity contribution in [2.75, 3.05) is 19.8 Å². The summed E-state index contributed by atoms with van der Waals surface area (Å²) in [5.74, 6) is -3.33. The van der Waals surface area contributed by atoms with Crippen LogP contribution in [0.2, 0.25) is 0 Å². The van der Waals surface area contributed by atoms with Crippen molar-refractivity contribution in [3.63, 3.8) is 0 Å². The van der Waals surface area contributed by atoms with Gasteiger partial charge >= 0.3 is 5.97 Å². The number of morpholine rings is 1. The Bertz CT molecular complexity index is 448. The standard InChI is InChI=1S/C13H18N2O5/c14-11(16)10-7-20-6-5-15(10)12(17)8-3-1-2-4-9(8)13(18)19/h1-2,8-10H,3-7H2,(H2,14,16)(H,18,19)/t8-,9+,10?/m1/s1. The number of rotatable bonds is 3. The Balaban J connectivity index is 2.17. The molecule has 0 aromatic rings. The number of nitrogens with zero attached hydrogens (tertiary/aromatic N) is 1. The number of amides is 2. The molecule has 1 heterocycles. The quantitative estimate of drug-likeness (QED) is 0.669. The zero-order chi connectivity index (χ0) is 14.7. The maximum Gasteiger partial charge on any atom is 0.307 e. The zero-order valence-electron chi connectivity index (χ0n) is 11.0. The van der Waals surface area contributed by atoms with E-state index >= 15 is 0 Å². The van der Waals surface area contributed by atoms with Gasteiger partial charge in [0.05, 0.1) is 25.0 Å². The van der Waals surface area contributed by atoms with Gasteiger partial charge < -0.3 is 20.5 Å². The predicted molar refractivity (Wildman–Crippen MR) is 68.5 cm³/mol. The molecule has 2 amide bonds. The first-order valence-electron chi connectivity index (χ1n) is 6.57. The molecule has 2 rings (SSSR count). The summed E-state index contributed by atoms with van der Waals surface area (Å²) in [5, 5.41) is 9.21. The molecule has 1 aliphatic carbocycles. The minimum Gasteiger partial charge on any atom is -0.481 e. The van der Waals surface area contributed by atoms with Gasteiger partial charge in [-0.15, -0.1) is 0 Å². The van der Waals surface area contributed by atoms with Gasteiger partial charge in [-0.05, 0) is 12.8 Å². The van der Waals surface area contributed by atoms with Crippen molar-refractivity contribution in [3.05, 3.63) is 12.2 Å². The Kier molecular flexibility index (Phi) is 4.39. The summed E-state index contributed by atoms with van der Waals surface area (Å²) >= 11 is 0. The van der Waals surface area contributed by atoms with Crippen LogP contribution in [0.3, 0.4) is 0 Å². The first kappa shape index (κ1) is 14.5. The SMILES string of the molecule is NC(=O)C1COCCN1C(=O)[C@@H]1CC=CC[C@@H]1C(=O)O. The lowest BCUT2D eigenvalue weighted by atomic mass is 9.81. The van der Waals surface area contributed by atoms with Gasteiger partial charge in [-0.1, -0.05) is 12.2 Å². The normalized spacial score (nSPS) is 30.0.